The number of piperidine rings is 1. The Labute approximate surface area is 117 Å². The molecule has 3 nitrogen and oxygen atoms in total. The second-order valence-electron chi connectivity index (χ2n) is 5.80. The predicted octanol–water partition coefficient (Wildman–Crippen LogP) is 2.23. The van der Waals surface area contributed by atoms with Crippen molar-refractivity contribution >= 4 is 5.91 Å². The van der Waals surface area contributed by atoms with E-state index in [1.807, 2.05) is 0 Å². The van der Waals surface area contributed by atoms with Crippen LogP contribution in [0.15, 0.2) is 18.2 Å². The molecule has 1 aromatic carbocycles. The molecule has 1 aliphatic heterocycles. The van der Waals surface area contributed by atoms with Crippen molar-refractivity contribution in [2.24, 2.45) is 0 Å². The molecular formula is C15H19F2NO2. The van der Waals surface area contributed by atoms with Gasteiger partial charge in [-0.3, -0.25) is 4.79 Å². The van der Waals surface area contributed by atoms with Crippen LogP contribution in [0.5, 0.6) is 0 Å². The molecule has 20 heavy (non-hydrogen) atoms. The molecule has 0 radical (unpaired) electrons. The molecule has 1 amide bonds. The topological polar surface area (TPSA) is 40.5 Å². The minimum Gasteiger partial charge on any atom is -0.391 e. The van der Waals surface area contributed by atoms with Crippen molar-refractivity contribution in [3.8, 4) is 0 Å². The van der Waals surface area contributed by atoms with Crippen molar-refractivity contribution in [1.82, 2.24) is 4.90 Å². The van der Waals surface area contributed by atoms with Crippen LogP contribution >= 0.6 is 0 Å². The Morgan fingerprint density at radius 3 is 2.70 bits per heavy atom. The molecule has 1 heterocycles. The van der Waals surface area contributed by atoms with Crippen molar-refractivity contribution in [2.75, 3.05) is 13.1 Å². The summed E-state index contributed by atoms with van der Waals surface area (Å²) < 4.78 is 26.9. The zero-order valence-corrected chi connectivity index (χ0v) is 11.7. The SMILES string of the molecule is CC(C)(C(=O)N1CCC[C@H](O)C1)c1ccc(F)cc1F. The molecule has 0 aromatic heterocycles. The van der Waals surface area contributed by atoms with E-state index in [4.69, 9.17) is 0 Å². The van der Waals surface area contributed by atoms with Gasteiger partial charge in [0.25, 0.3) is 0 Å². The van der Waals surface area contributed by atoms with Gasteiger partial charge < -0.3 is 10.0 Å². The lowest BCUT2D eigenvalue weighted by Crippen LogP contribution is -2.49. The van der Waals surface area contributed by atoms with Gasteiger partial charge in [-0.15, -0.1) is 0 Å². The van der Waals surface area contributed by atoms with Gasteiger partial charge in [-0.1, -0.05) is 6.07 Å². The fourth-order valence-corrected chi connectivity index (χ4v) is 2.65. The van der Waals surface area contributed by atoms with Gasteiger partial charge in [-0.25, -0.2) is 8.78 Å². The number of carbonyl (C=O) groups is 1. The summed E-state index contributed by atoms with van der Waals surface area (Å²) in [5.41, 5.74) is -0.918. The van der Waals surface area contributed by atoms with Gasteiger partial charge in [0.05, 0.1) is 11.5 Å². The number of aliphatic hydroxyl groups is 1. The van der Waals surface area contributed by atoms with Gasteiger partial charge >= 0.3 is 0 Å². The van der Waals surface area contributed by atoms with E-state index in [-0.39, 0.29) is 18.0 Å². The summed E-state index contributed by atoms with van der Waals surface area (Å²) in [5.74, 6) is -1.63. The minimum absolute atomic E-state index is 0.170. The lowest BCUT2D eigenvalue weighted by Gasteiger charge is -2.36. The van der Waals surface area contributed by atoms with Crippen LogP contribution in [0.25, 0.3) is 0 Å². The van der Waals surface area contributed by atoms with E-state index in [1.54, 1.807) is 18.7 Å². The van der Waals surface area contributed by atoms with Crippen molar-refractivity contribution in [2.45, 2.75) is 38.2 Å². The number of hydrogen-bond acceptors (Lipinski definition) is 2. The van der Waals surface area contributed by atoms with Crippen LogP contribution in [0.1, 0.15) is 32.3 Å². The highest BCUT2D eigenvalue weighted by Crippen LogP contribution is 2.29. The van der Waals surface area contributed by atoms with Gasteiger partial charge in [0, 0.05) is 24.7 Å². The number of amides is 1. The summed E-state index contributed by atoms with van der Waals surface area (Å²) in [6.07, 6.45) is 0.880. The first-order chi connectivity index (χ1) is 9.32. The van der Waals surface area contributed by atoms with E-state index in [0.29, 0.717) is 13.0 Å². The number of aliphatic hydroxyl groups excluding tert-OH is 1. The molecule has 0 unspecified atom stereocenters. The third-order valence-electron chi connectivity index (χ3n) is 3.82. The van der Waals surface area contributed by atoms with Crippen molar-refractivity contribution in [3.63, 3.8) is 0 Å². The molecule has 2 rings (SSSR count). The maximum atomic E-state index is 13.9. The Hall–Kier alpha value is -1.49. The first kappa shape index (κ1) is 14.9. The van der Waals surface area contributed by atoms with Crippen LogP contribution in [-0.4, -0.2) is 35.1 Å². The van der Waals surface area contributed by atoms with Gasteiger partial charge in [0.2, 0.25) is 5.91 Å². The normalized spacial score (nSPS) is 20.1. The maximum absolute atomic E-state index is 13.9. The molecular weight excluding hydrogens is 264 g/mol. The van der Waals surface area contributed by atoms with Crippen LogP contribution in [0.4, 0.5) is 8.78 Å². The molecule has 5 heteroatoms. The van der Waals surface area contributed by atoms with Crippen molar-refractivity contribution < 1.29 is 18.7 Å². The lowest BCUT2D eigenvalue weighted by atomic mass is 9.82. The number of halogens is 2. The molecule has 1 atom stereocenters. The second-order valence-corrected chi connectivity index (χ2v) is 5.80. The summed E-state index contributed by atoms with van der Waals surface area (Å²) in [4.78, 5) is 14.1. The Morgan fingerprint density at radius 1 is 1.40 bits per heavy atom. The van der Waals surface area contributed by atoms with Crippen LogP contribution in [0.3, 0.4) is 0 Å². The summed E-state index contributed by atoms with van der Waals surface area (Å²) in [6.45, 7) is 4.06. The Bertz CT molecular complexity index is 517. The average Bonchev–Trinajstić information content (AvgIpc) is 2.37. The molecule has 0 spiro atoms. The number of nitrogens with zero attached hydrogens (tertiary/aromatic N) is 1. The predicted molar refractivity (Wildman–Crippen MR) is 71.2 cm³/mol. The molecule has 1 fully saturated rings. The number of β-amino-alcohol motifs (C(OH)–C–C–N with tert-alkyl or cyclic N) is 1. The van der Waals surface area contributed by atoms with Crippen LogP contribution in [-0.2, 0) is 10.2 Å². The molecule has 1 aromatic rings. The summed E-state index contributed by atoms with van der Waals surface area (Å²) in [7, 11) is 0. The van der Waals surface area contributed by atoms with E-state index in [9.17, 15) is 18.7 Å². The van der Waals surface area contributed by atoms with Crippen molar-refractivity contribution in [3.05, 3.63) is 35.4 Å². The van der Waals surface area contributed by atoms with Gasteiger partial charge in [0.1, 0.15) is 11.6 Å². The highest BCUT2D eigenvalue weighted by atomic mass is 19.1. The molecule has 0 aliphatic carbocycles. The van der Waals surface area contributed by atoms with E-state index in [2.05, 4.69) is 0 Å². The number of likely N-dealkylation sites (tertiary alicyclic amines) is 1. The van der Waals surface area contributed by atoms with Gasteiger partial charge in [0.15, 0.2) is 0 Å². The molecule has 1 aliphatic rings. The Balaban J connectivity index is 2.26. The van der Waals surface area contributed by atoms with Crippen LogP contribution in [0.2, 0.25) is 0 Å². The molecule has 1 saturated heterocycles. The summed E-state index contributed by atoms with van der Waals surface area (Å²) in [5, 5.41) is 9.64. The summed E-state index contributed by atoms with van der Waals surface area (Å²) >= 11 is 0. The molecule has 0 saturated carbocycles. The fourth-order valence-electron chi connectivity index (χ4n) is 2.65. The van der Waals surface area contributed by atoms with E-state index in [1.165, 1.54) is 6.07 Å². The number of hydrogen-bond donors (Lipinski definition) is 1. The highest BCUT2D eigenvalue weighted by molar-refractivity contribution is 5.87. The number of rotatable bonds is 2. The monoisotopic (exact) mass is 283 g/mol. The van der Waals surface area contributed by atoms with E-state index < -0.39 is 23.2 Å². The van der Waals surface area contributed by atoms with Crippen molar-refractivity contribution in [1.29, 1.82) is 0 Å². The molecule has 1 N–H and O–H groups in total. The third-order valence-corrected chi connectivity index (χ3v) is 3.82. The van der Waals surface area contributed by atoms with Gasteiger partial charge in [-0.05, 0) is 32.8 Å². The number of benzene rings is 1. The second kappa shape index (κ2) is 5.48. The van der Waals surface area contributed by atoms with Gasteiger partial charge in [-0.2, -0.15) is 0 Å². The third kappa shape index (κ3) is 2.82. The first-order valence-electron chi connectivity index (χ1n) is 6.75. The standard InChI is InChI=1S/C15H19F2NO2/c1-15(2,12-6-5-10(16)8-13(12)17)14(20)18-7-3-4-11(19)9-18/h5-6,8,11,19H,3-4,7,9H2,1-2H3/t11-/m0/s1. The molecule has 110 valence electrons. The summed E-state index contributed by atoms with van der Waals surface area (Å²) in [6, 6.07) is 3.25. The minimum atomic E-state index is -1.09. The zero-order chi connectivity index (χ0) is 14.9. The van der Waals surface area contributed by atoms with Crippen LogP contribution < -0.4 is 0 Å². The Kier molecular flexibility index (Phi) is 4.09. The van der Waals surface area contributed by atoms with Crippen LogP contribution in [0, 0.1) is 11.6 Å². The molecule has 0 bridgehead atoms. The fraction of sp³-hybridized carbons (Fsp3) is 0.533. The smallest absolute Gasteiger partial charge is 0.232 e. The van der Waals surface area contributed by atoms with E-state index in [0.717, 1.165) is 18.6 Å². The number of carbonyl (C=O) groups excluding carboxylic acids is 1. The quantitative estimate of drug-likeness (QED) is 0.904. The largest absolute Gasteiger partial charge is 0.391 e. The first-order valence-corrected chi connectivity index (χ1v) is 6.75. The zero-order valence-electron chi connectivity index (χ0n) is 11.7. The van der Waals surface area contributed by atoms with E-state index >= 15 is 0 Å². The lowest BCUT2D eigenvalue weighted by molar-refractivity contribution is -0.139. The maximum Gasteiger partial charge on any atom is 0.232 e. The average molecular weight is 283 g/mol. The highest BCUT2D eigenvalue weighted by Gasteiger charge is 2.37. The Morgan fingerprint density at radius 2 is 2.10 bits per heavy atom.